The third kappa shape index (κ3) is 3.96. The molecule has 2 aliphatic rings. The van der Waals surface area contributed by atoms with Crippen molar-refractivity contribution in [2.75, 3.05) is 19.0 Å². The summed E-state index contributed by atoms with van der Waals surface area (Å²) < 4.78 is 23.4. The van der Waals surface area contributed by atoms with Crippen molar-refractivity contribution in [1.82, 2.24) is 4.98 Å². The van der Waals surface area contributed by atoms with Gasteiger partial charge in [-0.2, -0.15) is 0 Å². The Hall–Kier alpha value is -2.75. The van der Waals surface area contributed by atoms with Crippen molar-refractivity contribution in [1.29, 1.82) is 0 Å². The molecule has 8 heteroatoms. The molecule has 2 aromatic carbocycles. The van der Waals surface area contributed by atoms with E-state index in [0.717, 1.165) is 10.9 Å². The molecule has 3 heterocycles. The Morgan fingerprint density at radius 2 is 1.90 bits per heavy atom. The molecule has 8 nitrogen and oxygen atoms in total. The van der Waals surface area contributed by atoms with Crippen LogP contribution in [0.3, 0.4) is 0 Å². The first-order valence-electron chi connectivity index (χ1n) is 10.2. The summed E-state index contributed by atoms with van der Waals surface area (Å²) in [4.78, 5) is 14.5. The number of aliphatic hydroxyl groups excluding tert-OH is 1. The van der Waals surface area contributed by atoms with Crippen molar-refractivity contribution in [3.05, 3.63) is 76.6 Å². The van der Waals surface area contributed by atoms with Gasteiger partial charge < -0.3 is 34.4 Å². The van der Waals surface area contributed by atoms with Crippen LogP contribution in [-0.4, -0.2) is 54.5 Å². The number of ether oxygens (including phenoxy) is 4. The van der Waals surface area contributed by atoms with Crippen LogP contribution in [0.4, 0.5) is 5.69 Å². The topological polar surface area (TPSA) is 102 Å². The third-order valence-corrected chi connectivity index (χ3v) is 5.73. The number of benzene rings is 2. The van der Waals surface area contributed by atoms with E-state index in [1.807, 2.05) is 48.5 Å². The highest BCUT2D eigenvalue weighted by molar-refractivity contribution is 5.81. The van der Waals surface area contributed by atoms with Crippen LogP contribution >= 0.6 is 0 Å². The number of hydrogen-bond acceptors (Lipinski definition) is 7. The fourth-order valence-corrected chi connectivity index (χ4v) is 4.16. The summed E-state index contributed by atoms with van der Waals surface area (Å²) in [5, 5.41) is 15.4. The minimum Gasteiger partial charge on any atom is -0.388 e. The highest BCUT2D eigenvalue weighted by Gasteiger charge is 2.49. The molecule has 2 aliphatic heterocycles. The van der Waals surface area contributed by atoms with Crippen molar-refractivity contribution in [2.24, 2.45) is 0 Å². The normalized spacial score (nSPS) is 30.6. The van der Waals surface area contributed by atoms with Gasteiger partial charge in [0.15, 0.2) is 12.6 Å². The van der Waals surface area contributed by atoms with E-state index in [-0.39, 0.29) is 12.2 Å². The van der Waals surface area contributed by atoms with Crippen LogP contribution in [0.25, 0.3) is 10.9 Å². The van der Waals surface area contributed by atoms with Gasteiger partial charge in [-0.1, -0.05) is 36.4 Å². The molecule has 0 saturated carbocycles. The summed E-state index contributed by atoms with van der Waals surface area (Å²) in [7, 11) is 1.53. The Morgan fingerprint density at radius 1 is 1.10 bits per heavy atom. The van der Waals surface area contributed by atoms with Crippen molar-refractivity contribution < 1.29 is 24.1 Å². The molecule has 0 aliphatic carbocycles. The second kappa shape index (κ2) is 8.41. The van der Waals surface area contributed by atoms with Crippen LogP contribution in [0.2, 0.25) is 0 Å². The molecule has 31 heavy (non-hydrogen) atoms. The van der Waals surface area contributed by atoms with Gasteiger partial charge in [-0.15, -0.1) is 0 Å². The summed E-state index contributed by atoms with van der Waals surface area (Å²) >= 11 is 0. The molecular weight excluding hydrogens is 400 g/mol. The Balaban J connectivity index is 1.38. The zero-order valence-electron chi connectivity index (χ0n) is 16.9. The molecule has 0 radical (unpaired) electrons. The number of aromatic amines is 1. The largest absolute Gasteiger partial charge is 0.388 e. The van der Waals surface area contributed by atoms with Crippen molar-refractivity contribution in [2.45, 2.75) is 36.9 Å². The number of anilines is 1. The first kappa shape index (κ1) is 20.2. The minimum absolute atomic E-state index is 0.175. The van der Waals surface area contributed by atoms with E-state index in [1.54, 1.807) is 6.07 Å². The molecule has 2 fully saturated rings. The lowest BCUT2D eigenvalue weighted by molar-refractivity contribution is -0.337. The number of aliphatic hydroxyl groups is 1. The summed E-state index contributed by atoms with van der Waals surface area (Å²) in [6, 6.07) is 17.8. The predicted molar refractivity (Wildman–Crippen MR) is 114 cm³/mol. The smallest absolute Gasteiger partial charge is 0.248 e. The third-order valence-electron chi connectivity index (χ3n) is 5.73. The van der Waals surface area contributed by atoms with Gasteiger partial charge in [-0.05, 0) is 23.6 Å². The fourth-order valence-electron chi connectivity index (χ4n) is 4.16. The molecule has 6 unspecified atom stereocenters. The van der Waals surface area contributed by atoms with E-state index >= 15 is 0 Å². The standard InChI is InChI=1S/C23H24N2O6/c1-28-23-19(24-15-9-7-13-8-10-18(26)25-16(13)11-15)20(27)21-17(30-23)12-29-22(31-21)14-5-3-2-4-6-14/h2-11,17,19-24,27H,12H2,1H3,(H,25,26). The summed E-state index contributed by atoms with van der Waals surface area (Å²) in [6.07, 6.45) is -3.24. The molecule has 6 atom stereocenters. The zero-order valence-corrected chi connectivity index (χ0v) is 16.9. The summed E-state index contributed by atoms with van der Waals surface area (Å²) in [6.45, 7) is 0.283. The number of methoxy groups -OCH3 is 1. The molecule has 1 aromatic heterocycles. The van der Waals surface area contributed by atoms with E-state index in [1.165, 1.54) is 13.2 Å². The Bertz CT molecular complexity index is 1100. The Morgan fingerprint density at radius 3 is 2.71 bits per heavy atom. The number of pyridine rings is 1. The Kier molecular flexibility index (Phi) is 5.47. The molecular formula is C23H24N2O6. The van der Waals surface area contributed by atoms with Gasteiger partial charge in [0.2, 0.25) is 5.56 Å². The van der Waals surface area contributed by atoms with E-state index in [9.17, 15) is 9.90 Å². The highest BCUT2D eigenvalue weighted by Crippen LogP contribution is 2.35. The summed E-state index contributed by atoms with van der Waals surface area (Å²) in [5.41, 5.74) is 2.12. The van der Waals surface area contributed by atoms with Crippen LogP contribution in [0.5, 0.6) is 0 Å². The molecule has 0 bridgehead atoms. The van der Waals surface area contributed by atoms with Gasteiger partial charge in [0, 0.05) is 24.4 Å². The zero-order chi connectivity index (χ0) is 21.4. The van der Waals surface area contributed by atoms with Crippen molar-refractivity contribution in [3.63, 3.8) is 0 Å². The SMILES string of the molecule is COC1OC2COC(c3ccccc3)OC2C(O)C1Nc1ccc2ccc(=O)[nH]c2c1. The van der Waals surface area contributed by atoms with Crippen LogP contribution < -0.4 is 10.9 Å². The van der Waals surface area contributed by atoms with Gasteiger partial charge in [-0.3, -0.25) is 4.79 Å². The van der Waals surface area contributed by atoms with E-state index in [0.29, 0.717) is 11.2 Å². The van der Waals surface area contributed by atoms with Crippen LogP contribution in [0, 0.1) is 0 Å². The lowest BCUT2D eigenvalue weighted by Gasteiger charge is -2.47. The fraction of sp³-hybridized carbons (Fsp3) is 0.348. The molecule has 0 amide bonds. The molecule has 3 N–H and O–H groups in total. The molecule has 3 aromatic rings. The van der Waals surface area contributed by atoms with Crippen LogP contribution in [0.1, 0.15) is 11.9 Å². The second-order valence-electron chi connectivity index (χ2n) is 7.74. The molecule has 0 spiro atoms. The van der Waals surface area contributed by atoms with Crippen LogP contribution in [-0.2, 0) is 18.9 Å². The first-order chi connectivity index (χ1) is 15.1. The maximum Gasteiger partial charge on any atom is 0.248 e. The number of aromatic nitrogens is 1. The van der Waals surface area contributed by atoms with Gasteiger partial charge in [0.1, 0.15) is 24.4 Å². The quantitative estimate of drug-likeness (QED) is 0.590. The maximum atomic E-state index is 11.7. The summed E-state index contributed by atoms with van der Waals surface area (Å²) in [5.74, 6) is 0. The van der Waals surface area contributed by atoms with E-state index in [2.05, 4.69) is 10.3 Å². The monoisotopic (exact) mass is 424 g/mol. The van der Waals surface area contributed by atoms with Gasteiger partial charge in [-0.25, -0.2) is 0 Å². The van der Waals surface area contributed by atoms with Crippen molar-refractivity contribution >= 4 is 16.6 Å². The molecule has 2 saturated heterocycles. The number of rotatable bonds is 4. The molecule has 5 rings (SSSR count). The second-order valence-corrected chi connectivity index (χ2v) is 7.74. The first-order valence-corrected chi connectivity index (χ1v) is 10.2. The van der Waals surface area contributed by atoms with Gasteiger partial charge in [0.25, 0.3) is 0 Å². The maximum absolute atomic E-state index is 11.7. The lowest BCUT2D eigenvalue weighted by Crippen LogP contribution is -2.64. The molecule has 162 valence electrons. The average molecular weight is 424 g/mol. The number of hydrogen-bond donors (Lipinski definition) is 3. The lowest BCUT2D eigenvalue weighted by atomic mass is 9.95. The predicted octanol–water partition coefficient (Wildman–Crippen LogP) is 2.16. The van der Waals surface area contributed by atoms with Gasteiger partial charge >= 0.3 is 0 Å². The van der Waals surface area contributed by atoms with Gasteiger partial charge in [0.05, 0.1) is 12.1 Å². The number of H-pyrrole nitrogens is 1. The van der Waals surface area contributed by atoms with E-state index < -0.39 is 36.9 Å². The average Bonchev–Trinajstić information content (AvgIpc) is 2.81. The Labute approximate surface area is 178 Å². The van der Waals surface area contributed by atoms with Crippen LogP contribution in [0.15, 0.2) is 65.5 Å². The minimum atomic E-state index is -0.913. The highest BCUT2D eigenvalue weighted by atomic mass is 16.7. The number of fused-ring (bicyclic) bond motifs is 2. The number of nitrogens with one attached hydrogen (secondary N) is 2. The van der Waals surface area contributed by atoms with Crippen molar-refractivity contribution in [3.8, 4) is 0 Å². The van der Waals surface area contributed by atoms with E-state index in [4.69, 9.17) is 18.9 Å².